The van der Waals surface area contributed by atoms with E-state index in [9.17, 15) is 0 Å². The van der Waals surface area contributed by atoms with Gasteiger partial charge in [0.05, 0.1) is 18.5 Å². The van der Waals surface area contributed by atoms with Gasteiger partial charge in [-0.2, -0.15) is 0 Å². The molecular formula is C11H13N3OS2. The molecule has 2 heterocycles. The minimum atomic E-state index is 0.551. The second-order valence-electron chi connectivity index (χ2n) is 3.55. The third-order valence-corrected chi connectivity index (χ3v) is 3.49. The summed E-state index contributed by atoms with van der Waals surface area (Å²) < 4.78 is 5.19. The van der Waals surface area contributed by atoms with E-state index in [2.05, 4.69) is 15.6 Å². The molecule has 0 aliphatic carbocycles. The lowest BCUT2D eigenvalue weighted by molar-refractivity contribution is 0.503. The fraction of sp³-hybridized carbons (Fsp3) is 0.273. The normalized spacial score (nSPS) is 10.2. The number of aromatic nitrogens is 1. The SMILES string of the molecule is Cc1nc(NC(=S)NCc2ccco2)sc1C. The molecule has 0 radical (unpaired) electrons. The van der Waals surface area contributed by atoms with Gasteiger partial charge in [-0.15, -0.1) is 11.3 Å². The van der Waals surface area contributed by atoms with Gasteiger partial charge in [0.15, 0.2) is 10.2 Å². The van der Waals surface area contributed by atoms with Crippen LogP contribution in [0.2, 0.25) is 0 Å². The number of rotatable bonds is 3. The molecule has 0 amide bonds. The Hall–Kier alpha value is -1.40. The average molecular weight is 267 g/mol. The molecule has 4 nitrogen and oxygen atoms in total. The number of aryl methyl sites for hydroxylation is 2. The van der Waals surface area contributed by atoms with Crippen molar-refractivity contribution < 1.29 is 4.42 Å². The first-order chi connectivity index (χ1) is 8.15. The lowest BCUT2D eigenvalue weighted by atomic mass is 10.4. The second-order valence-corrected chi connectivity index (χ2v) is 5.16. The van der Waals surface area contributed by atoms with Crippen LogP contribution in [0.1, 0.15) is 16.3 Å². The van der Waals surface area contributed by atoms with Crippen LogP contribution in [-0.2, 0) is 6.54 Å². The van der Waals surface area contributed by atoms with Crippen molar-refractivity contribution in [2.75, 3.05) is 5.32 Å². The molecule has 2 N–H and O–H groups in total. The molecule has 17 heavy (non-hydrogen) atoms. The predicted molar refractivity (Wildman–Crippen MR) is 73.4 cm³/mol. The maximum Gasteiger partial charge on any atom is 0.189 e. The Morgan fingerprint density at radius 1 is 1.53 bits per heavy atom. The molecule has 0 aromatic carbocycles. The number of hydrogen-bond acceptors (Lipinski definition) is 4. The minimum Gasteiger partial charge on any atom is -0.467 e. The van der Waals surface area contributed by atoms with E-state index in [1.807, 2.05) is 26.0 Å². The number of furan rings is 1. The molecule has 0 spiro atoms. The van der Waals surface area contributed by atoms with Crippen LogP contribution in [0, 0.1) is 13.8 Å². The van der Waals surface area contributed by atoms with Crippen LogP contribution < -0.4 is 10.6 Å². The van der Waals surface area contributed by atoms with Gasteiger partial charge >= 0.3 is 0 Å². The van der Waals surface area contributed by atoms with Crippen LogP contribution in [0.4, 0.5) is 5.13 Å². The van der Waals surface area contributed by atoms with Gasteiger partial charge in [-0.05, 0) is 38.2 Å². The minimum absolute atomic E-state index is 0.551. The Morgan fingerprint density at radius 2 is 2.35 bits per heavy atom. The van der Waals surface area contributed by atoms with E-state index in [1.54, 1.807) is 17.6 Å². The summed E-state index contributed by atoms with van der Waals surface area (Å²) in [5.74, 6) is 0.848. The molecule has 90 valence electrons. The zero-order valence-corrected chi connectivity index (χ0v) is 11.2. The molecule has 0 aliphatic heterocycles. The highest BCUT2D eigenvalue weighted by molar-refractivity contribution is 7.80. The van der Waals surface area contributed by atoms with Crippen molar-refractivity contribution in [3.8, 4) is 0 Å². The van der Waals surface area contributed by atoms with Crippen molar-refractivity contribution in [3.05, 3.63) is 34.7 Å². The average Bonchev–Trinajstić information content (AvgIpc) is 2.87. The number of hydrogen-bond donors (Lipinski definition) is 2. The van der Waals surface area contributed by atoms with E-state index in [0.29, 0.717) is 11.7 Å². The molecule has 0 aliphatic rings. The van der Waals surface area contributed by atoms with Crippen LogP contribution in [0.5, 0.6) is 0 Å². The Kier molecular flexibility index (Phi) is 3.75. The van der Waals surface area contributed by atoms with Gasteiger partial charge < -0.3 is 15.1 Å². The Morgan fingerprint density at radius 3 is 2.94 bits per heavy atom. The van der Waals surface area contributed by atoms with Crippen molar-refractivity contribution in [2.24, 2.45) is 0 Å². The Balaban J connectivity index is 1.85. The fourth-order valence-corrected chi connectivity index (χ4v) is 2.30. The van der Waals surface area contributed by atoms with E-state index >= 15 is 0 Å². The smallest absolute Gasteiger partial charge is 0.189 e. The molecule has 0 unspecified atom stereocenters. The second kappa shape index (κ2) is 5.29. The summed E-state index contributed by atoms with van der Waals surface area (Å²) >= 11 is 6.76. The van der Waals surface area contributed by atoms with Crippen LogP contribution in [0.25, 0.3) is 0 Å². The molecule has 6 heteroatoms. The maximum absolute atomic E-state index is 5.19. The summed E-state index contributed by atoms with van der Waals surface area (Å²) in [6, 6.07) is 3.74. The van der Waals surface area contributed by atoms with E-state index in [-0.39, 0.29) is 0 Å². The van der Waals surface area contributed by atoms with E-state index in [0.717, 1.165) is 16.6 Å². The predicted octanol–water partition coefficient (Wildman–Crippen LogP) is 2.84. The van der Waals surface area contributed by atoms with Crippen LogP contribution in [-0.4, -0.2) is 10.1 Å². The van der Waals surface area contributed by atoms with Crippen molar-refractivity contribution in [2.45, 2.75) is 20.4 Å². The summed E-state index contributed by atoms with van der Waals surface area (Å²) in [6.45, 7) is 4.59. The highest BCUT2D eigenvalue weighted by Crippen LogP contribution is 2.20. The molecule has 0 saturated heterocycles. The molecule has 0 atom stereocenters. The largest absolute Gasteiger partial charge is 0.467 e. The lowest BCUT2D eigenvalue weighted by Gasteiger charge is -2.06. The molecule has 0 saturated carbocycles. The van der Waals surface area contributed by atoms with E-state index < -0.39 is 0 Å². The number of anilines is 1. The first kappa shape index (κ1) is 12.1. The van der Waals surface area contributed by atoms with Gasteiger partial charge in [-0.25, -0.2) is 4.98 Å². The Labute approximate surface area is 109 Å². The molecule has 2 rings (SSSR count). The van der Waals surface area contributed by atoms with Crippen molar-refractivity contribution >= 4 is 33.8 Å². The van der Waals surface area contributed by atoms with Crippen LogP contribution >= 0.6 is 23.6 Å². The van der Waals surface area contributed by atoms with Gasteiger partial charge in [0.25, 0.3) is 0 Å². The summed E-state index contributed by atoms with van der Waals surface area (Å²) in [4.78, 5) is 5.55. The summed E-state index contributed by atoms with van der Waals surface area (Å²) in [7, 11) is 0. The standard InChI is InChI=1S/C11H13N3OS2/c1-7-8(2)17-11(13-7)14-10(16)12-6-9-4-3-5-15-9/h3-5H,6H2,1-2H3,(H2,12,13,14,16). The number of nitrogens with one attached hydrogen (secondary N) is 2. The van der Waals surface area contributed by atoms with Gasteiger partial charge in [-0.1, -0.05) is 0 Å². The molecular weight excluding hydrogens is 254 g/mol. The highest BCUT2D eigenvalue weighted by Gasteiger charge is 2.05. The number of thiocarbonyl (C=S) groups is 1. The summed E-state index contributed by atoms with van der Waals surface area (Å²) in [6.07, 6.45) is 1.64. The van der Waals surface area contributed by atoms with Gasteiger partial charge in [0.2, 0.25) is 0 Å². The molecule has 2 aromatic heterocycles. The van der Waals surface area contributed by atoms with Crippen LogP contribution in [0.15, 0.2) is 22.8 Å². The quantitative estimate of drug-likeness (QED) is 0.838. The maximum atomic E-state index is 5.19. The number of nitrogens with zero attached hydrogens (tertiary/aromatic N) is 1. The van der Waals surface area contributed by atoms with Crippen molar-refractivity contribution in [1.82, 2.24) is 10.3 Å². The van der Waals surface area contributed by atoms with Crippen molar-refractivity contribution in [3.63, 3.8) is 0 Å². The molecule has 2 aromatic rings. The third kappa shape index (κ3) is 3.28. The first-order valence-electron chi connectivity index (χ1n) is 5.16. The zero-order valence-electron chi connectivity index (χ0n) is 9.61. The van der Waals surface area contributed by atoms with Gasteiger partial charge in [-0.3, -0.25) is 0 Å². The summed E-state index contributed by atoms with van der Waals surface area (Å²) in [5, 5.41) is 7.48. The fourth-order valence-electron chi connectivity index (χ4n) is 1.25. The monoisotopic (exact) mass is 267 g/mol. The third-order valence-electron chi connectivity index (χ3n) is 2.25. The van der Waals surface area contributed by atoms with Gasteiger partial charge in [0, 0.05) is 4.88 Å². The number of thiazole rings is 1. The Bertz CT molecular complexity index is 485. The summed E-state index contributed by atoms with van der Waals surface area (Å²) in [5.41, 5.74) is 1.03. The van der Waals surface area contributed by atoms with Gasteiger partial charge in [0.1, 0.15) is 5.76 Å². The van der Waals surface area contributed by atoms with E-state index in [1.165, 1.54) is 4.88 Å². The van der Waals surface area contributed by atoms with Crippen LogP contribution in [0.3, 0.4) is 0 Å². The first-order valence-corrected chi connectivity index (χ1v) is 6.39. The highest BCUT2D eigenvalue weighted by atomic mass is 32.1. The molecule has 0 bridgehead atoms. The van der Waals surface area contributed by atoms with Crippen molar-refractivity contribution in [1.29, 1.82) is 0 Å². The van der Waals surface area contributed by atoms with E-state index in [4.69, 9.17) is 16.6 Å². The molecule has 0 fully saturated rings. The zero-order chi connectivity index (χ0) is 12.3. The topological polar surface area (TPSA) is 50.1 Å². The lowest BCUT2D eigenvalue weighted by Crippen LogP contribution is -2.27.